The van der Waals surface area contributed by atoms with E-state index in [9.17, 15) is 13.2 Å². The molecule has 0 saturated heterocycles. The van der Waals surface area contributed by atoms with E-state index in [4.69, 9.17) is 16.2 Å². The number of carbonyl (C=O) groups excluding carboxylic acids is 1. The van der Waals surface area contributed by atoms with E-state index in [0.29, 0.717) is 0 Å². The molecule has 0 aromatic rings. The van der Waals surface area contributed by atoms with Crippen LogP contribution < -0.4 is 0 Å². The number of hydrogen-bond acceptors (Lipinski definition) is 4. The van der Waals surface area contributed by atoms with Crippen LogP contribution in [0.3, 0.4) is 0 Å². The van der Waals surface area contributed by atoms with Crippen LogP contribution in [0.5, 0.6) is 0 Å². The number of hydrogen-bond donors (Lipinski definition) is 1. The number of rotatable bonds is 5. The molecule has 1 unspecified atom stereocenters. The third-order valence-electron chi connectivity index (χ3n) is 1.59. The predicted molar refractivity (Wildman–Crippen MR) is 51.8 cm³/mol. The highest BCUT2D eigenvalue weighted by molar-refractivity contribution is 7.87. The summed E-state index contributed by atoms with van der Waals surface area (Å²) in [5.74, 6) is -1.15. The summed E-state index contributed by atoms with van der Waals surface area (Å²) in [7, 11) is -4.36. The van der Waals surface area contributed by atoms with Crippen LogP contribution in [0.2, 0.25) is 0 Å². The maximum Gasteiger partial charge on any atom is 0.330 e. The summed E-state index contributed by atoms with van der Waals surface area (Å²) in [5.41, 5.74) is 0. The molecule has 0 amide bonds. The zero-order valence-corrected chi connectivity index (χ0v) is 9.14. The molecule has 0 aliphatic rings. The summed E-state index contributed by atoms with van der Waals surface area (Å²) in [4.78, 5) is 10.6. The van der Waals surface area contributed by atoms with Gasteiger partial charge in [0.2, 0.25) is 0 Å². The maximum atomic E-state index is 10.8. The van der Waals surface area contributed by atoms with Gasteiger partial charge in [-0.3, -0.25) is 4.55 Å². The Morgan fingerprint density at radius 1 is 1.71 bits per heavy atom. The molecule has 0 heterocycles. The van der Waals surface area contributed by atoms with Crippen LogP contribution in [0.1, 0.15) is 6.92 Å². The van der Waals surface area contributed by atoms with Crippen LogP contribution in [0.4, 0.5) is 0 Å². The Balaban J connectivity index is 4.59. The molecule has 0 saturated carbocycles. The Morgan fingerprint density at radius 2 is 2.21 bits per heavy atom. The van der Waals surface area contributed by atoms with Crippen molar-refractivity contribution in [3.63, 3.8) is 0 Å². The summed E-state index contributed by atoms with van der Waals surface area (Å²) in [6.07, 6.45) is 0.888. The van der Waals surface area contributed by atoms with Gasteiger partial charge < -0.3 is 4.74 Å². The van der Waals surface area contributed by atoms with Crippen LogP contribution in [0.15, 0.2) is 12.7 Å². The Kier molecular flexibility index (Phi) is 4.57. The number of ether oxygens (including phenoxy) is 1. The fourth-order valence-corrected chi connectivity index (χ4v) is 1.30. The molecule has 0 radical (unpaired) electrons. The second-order valence-electron chi connectivity index (χ2n) is 2.87. The molecule has 5 nitrogen and oxygen atoms in total. The van der Waals surface area contributed by atoms with Gasteiger partial charge in [0.15, 0.2) is 0 Å². The summed E-state index contributed by atoms with van der Waals surface area (Å²) in [6, 6.07) is 0. The molecule has 0 spiro atoms. The van der Waals surface area contributed by atoms with E-state index in [2.05, 4.69) is 11.3 Å². The van der Waals surface area contributed by atoms with Gasteiger partial charge in [0.1, 0.15) is 11.4 Å². The Hall–Kier alpha value is -0.590. The standard InChI is InChI=1S/C7H11ClO5S/c1-3-6(9)13-5-7(2,4-8)14(10,11)12/h3H,1,4-5H2,2H3,(H,10,11,12). The summed E-state index contributed by atoms with van der Waals surface area (Å²) in [6.45, 7) is 3.79. The van der Waals surface area contributed by atoms with E-state index in [1.807, 2.05) is 0 Å². The first-order valence-corrected chi connectivity index (χ1v) is 5.56. The molecule has 7 heteroatoms. The van der Waals surface area contributed by atoms with Crippen LogP contribution in [0, 0.1) is 0 Å². The Bertz CT molecular complexity index is 323. The number of halogens is 1. The quantitative estimate of drug-likeness (QED) is 0.331. The fourth-order valence-electron chi connectivity index (χ4n) is 0.465. The summed E-state index contributed by atoms with van der Waals surface area (Å²) < 4.78 is 33.3. The Labute approximate surface area is 87.4 Å². The van der Waals surface area contributed by atoms with Crippen molar-refractivity contribution in [2.75, 3.05) is 12.5 Å². The molecule has 82 valence electrons. The lowest BCUT2D eigenvalue weighted by Gasteiger charge is -2.22. The zero-order chi connectivity index (χ0) is 11.4. The molecule has 0 bridgehead atoms. The molecule has 0 aromatic carbocycles. The van der Waals surface area contributed by atoms with E-state index in [1.165, 1.54) is 6.92 Å². The lowest BCUT2D eigenvalue weighted by atomic mass is 10.2. The van der Waals surface area contributed by atoms with Crippen LogP contribution in [-0.4, -0.2) is 36.2 Å². The molecular formula is C7H11ClO5S. The van der Waals surface area contributed by atoms with Crippen molar-refractivity contribution < 1.29 is 22.5 Å². The lowest BCUT2D eigenvalue weighted by molar-refractivity contribution is -0.138. The number of alkyl halides is 1. The molecule has 0 aromatic heterocycles. The van der Waals surface area contributed by atoms with E-state index in [1.54, 1.807) is 0 Å². The van der Waals surface area contributed by atoms with Gasteiger partial charge in [-0.15, -0.1) is 11.6 Å². The topological polar surface area (TPSA) is 80.7 Å². The molecule has 0 aliphatic heterocycles. The first-order chi connectivity index (χ1) is 6.27. The highest BCUT2D eigenvalue weighted by atomic mass is 35.5. The second-order valence-corrected chi connectivity index (χ2v) is 5.07. The third kappa shape index (κ3) is 3.28. The van der Waals surface area contributed by atoms with Gasteiger partial charge >= 0.3 is 5.97 Å². The fraction of sp³-hybridized carbons (Fsp3) is 0.571. The summed E-state index contributed by atoms with van der Waals surface area (Å²) in [5, 5.41) is 0. The van der Waals surface area contributed by atoms with Gasteiger partial charge in [0, 0.05) is 12.0 Å². The Morgan fingerprint density at radius 3 is 2.50 bits per heavy atom. The van der Waals surface area contributed by atoms with E-state index >= 15 is 0 Å². The normalized spacial score (nSPS) is 15.6. The van der Waals surface area contributed by atoms with Crippen molar-refractivity contribution in [2.45, 2.75) is 11.7 Å². The van der Waals surface area contributed by atoms with Crippen molar-refractivity contribution in [3.8, 4) is 0 Å². The predicted octanol–water partition coefficient (Wildman–Crippen LogP) is 0.601. The van der Waals surface area contributed by atoms with Crippen LogP contribution in [0.25, 0.3) is 0 Å². The second kappa shape index (κ2) is 4.77. The first-order valence-electron chi connectivity index (χ1n) is 3.59. The largest absolute Gasteiger partial charge is 0.461 e. The zero-order valence-electron chi connectivity index (χ0n) is 7.57. The maximum absolute atomic E-state index is 10.8. The lowest BCUT2D eigenvalue weighted by Crippen LogP contribution is -2.42. The minimum atomic E-state index is -4.36. The van der Waals surface area contributed by atoms with Gasteiger partial charge in [-0.05, 0) is 6.92 Å². The monoisotopic (exact) mass is 242 g/mol. The molecule has 14 heavy (non-hydrogen) atoms. The highest BCUT2D eigenvalue weighted by Crippen LogP contribution is 2.18. The van der Waals surface area contributed by atoms with Crippen molar-refractivity contribution in [1.82, 2.24) is 0 Å². The van der Waals surface area contributed by atoms with Crippen LogP contribution >= 0.6 is 11.6 Å². The van der Waals surface area contributed by atoms with Crippen molar-refractivity contribution >= 4 is 27.7 Å². The van der Waals surface area contributed by atoms with Crippen molar-refractivity contribution in [1.29, 1.82) is 0 Å². The van der Waals surface area contributed by atoms with Gasteiger partial charge in [-0.2, -0.15) is 8.42 Å². The van der Waals surface area contributed by atoms with E-state index in [-0.39, 0.29) is 5.88 Å². The molecule has 0 fully saturated rings. The van der Waals surface area contributed by atoms with E-state index in [0.717, 1.165) is 6.08 Å². The average Bonchev–Trinajstić information content (AvgIpc) is 2.11. The highest BCUT2D eigenvalue weighted by Gasteiger charge is 2.38. The molecule has 1 atom stereocenters. The minimum Gasteiger partial charge on any atom is -0.461 e. The van der Waals surface area contributed by atoms with Crippen LogP contribution in [-0.2, 0) is 19.6 Å². The minimum absolute atomic E-state index is 0.379. The molecule has 1 N–H and O–H groups in total. The van der Waals surface area contributed by atoms with Gasteiger partial charge in [-0.1, -0.05) is 6.58 Å². The number of esters is 1. The van der Waals surface area contributed by atoms with Gasteiger partial charge in [-0.25, -0.2) is 4.79 Å². The van der Waals surface area contributed by atoms with Gasteiger partial charge in [0.05, 0.1) is 0 Å². The average molecular weight is 243 g/mol. The molecule has 0 rings (SSSR count). The first kappa shape index (κ1) is 13.4. The SMILES string of the molecule is C=CC(=O)OCC(C)(CCl)S(=O)(=O)O. The summed E-state index contributed by atoms with van der Waals surface area (Å²) >= 11 is 5.36. The van der Waals surface area contributed by atoms with Gasteiger partial charge in [0.25, 0.3) is 10.1 Å². The third-order valence-corrected chi connectivity index (χ3v) is 3.85. The number of carbonyl (C=O) groups is 1. The smallest absolute Gasteiger partial charge is 0.330 e. The molecular weight excluding hydrogens is 232 g/mol. The molecule has 0 aliphatic carbocycles. The van der Waals surface area contributed by atoms with Crippen molar-refractivity contribution in [3.05, 3.63) is 12.7 Å². The van der Waals surface area contributed by atoms with E-state index < -0.39 is 27.4 Å². The van der Waals surface area contributed by atoms with Crippen molar-refractivity contribution in [2.24, 2.45) is 0 Å².